The van der Waals surface area contributed by atoms with Crippen molar-refractivity contribution in [2.75, 3.05) is 24.7 Å². The van der Waals surface area contributed by atoms with Crippen LogP contribution in [0.2, 0.25) is 0 Å². The lowest BCUT2D eigenvalue weighted by Crippen LogP contribution is -2.51. The van der Waals surface area contributed by atoms with E-state index in [1.807, 2.05) is 0 Å². The third-order valence-corrected chi connectivity index (χ3v) is 3.94. The molecule has 0 bridgehead atoms. The zero-order valence-corrected chi connectivity index (χ0v) is 11.9. The number of carbonyl (C=O) groups excluding carboxylic acids is 2. The van der Waals surface area contributed by atoms with Crippen LogP contribution in [0.25, 0.3) is 0 Å². The van der Waals surface area contributed by atoms with Gasteiger partial charge >= 0.3 is 5.97 Å². The number of amides is 1. The molecule has 108 valence electrons. The van der Waals surface area contributed by atoms with Crippen molar-refractivity contribution in [2.24, 2.45) is 0 Å². The molecule has 7 heteroatoms. The number of thioether (sulfide) groups is 1. The van der Waals surface area contributed by atoms with Gasteiger partial charge in [-0.15, -0.1) is 0 Å². The fourth-order valence-electron chi connectivity index (χ4n) is 1.98. The molecular weight excluding hydrogens is 283 g/mol. The van der Waals surface area contributed by atoms with Crippen molar-refractivity contribution < 1.29 is 18.7 Å². The maximum Gasteiger partial charge on any atom is 0.329 e. The van der Waals surface area contributed by atoms with Crippen molar-refractivity contribution in [3.05, 3.63) is 29.8 Å². The van der Waals surface area contributed by atoms with Crippen LogP contribution in [0.15, 0.2) is 18.3 Å². The summed E-state index contributed by atoms with van der Waals surface area (Å²) in [6, 6.07) is 1.90. The molecule has 1 saturated heterocycles. The molecule has 1 amide bonds. The molecule has 1 aliphatic heterocycles. The summed E-state index contributed by atoms with van der Waals surface area (Å²) in [7, 11) is 0. The number of pyridine rings is 1. The summed E-state index contributed by atoms with van der Waals surface area (Å²) in [6.07, 6.45) is 1.24. The van der Waals surface area contributed by atoms with E-state index in [9.17, 15) is 14.0 Å². The van der Waals surface area contributed by atoms with Crippen LogP contribution in [0, 0.1) is 5.95 Å². The summed E-state index contributed by atoms with van der Waals surface area (Å²) in [4.78, 5) is 29.1. The lowest BCUT2D eigenvalue weighted by molar-refractivity contribution is -0.147. The fourth-order valence-corrected chi connectivity index (χ4v) is 3.01. The molecule has 1 atom stereocenters. The van der Waals surface area contributed by atoms with Gasteiger partial charge in [-0.05, 0) is 13.0 Å². The predicted octanol–water partition coefficient (Wildman–Crippen LogP) is 1.34. The Morgan fingerprint density at radius 1 is 1.60 bits per heavy atom. The molecule has 20 heavy (non-hydrogen) atoms. The summed E-state index contributed by atoms with van der Waals surface area (Å²) in [5.74, 6) is -0.255. The van der Waals surface area contributed by atoms with E-state index < -0.39 is 18.0 Å². The summed E-state index contributed by atoms with van der Waals surface area (Å²) in [5, 5.41) is 0. The van der Waals surface area contributed by atoms with E-state index >= 15 is 0 Å². The zero-order valence-electron chi connectivity index (χ0n) is 11.0. The lowest BCUT2D eigenvalue weighted by atomic mass is 10.2. The highest BCUT2D eigenvalue weighted by Crippen LogP contribution is 2.20. The van der Waals surface area contributed by atoms with Crippen molar-refractivity contribution in [1.82, 2.24) is 9.88 Å². The van der Waals surface area contributed by atoms with Crippen LogP contribution in [-0.4, -0.2) is 52.5 Å². The van der Waals surface area contributed by atoms with Crippen molar-refractivity contribution in [3.63, 3.8) is 0 Å². The van der Waals surface area contributed by atoms with E-state index in [0.29, 0.717) is 12.3 Å². The Labute approximate surface area is 120 Å². The van der Waals surface area contributed by atoms with Crippen LogP contribution in [0.4, 0.5) is 4.39 Å². The molecule has 0 aliphatic carbocycles. The number of esters is 1. The summed E-state index contributed by atoms with van der Waals surface area (Å²) in [5.41, 5.74) is 0.193. The van der Waals surface area contributed by atoms with Crippen molar-refractivity contribution >= 4 is 23.6 Å². The second kappa shape index (κ2) is 6.69. The van der Waals surface area contributed by atoms with Gasteiger partial charge in [-0.25, -0.2) is 9.78 Å². The Hall–Kier alpha value is -1.63. The highest BCUT2D eigenvalue weighted by molar-refractivity contribution is 7.99. The van der Waals surface area contributed by atoms with Crippen molar-refractivity contribution in [3.8, 4) is 0 Å². The molecule has 0 N–H and O–H groups in total. The van der Waals surface area contributed by atoms with E-state index in [1.165, 1.54) is 17.2 Å². The first kappa shape index (κ1) is 14.8. The van der Waals surface area contributed by atoms with E-state index in [4.69, 9.17) is 4.74 Å². The molecule has 0 spiro atoms. The van der Waals surface area contributed by atoms with E-state index in [1.54, 1.807) is 18.7 Å². The Kier molecular flexibility index (Phi) is 4.94. The minimum Gasteiger partial charge on any atom is -0.464 e. The smallest absolute Gasteiger partial charge is 0.329 e. The molecule has 2 heterocycles. The van der Waals surface area contributed by atoms with Gasteiger partial charge in [-0.1, -0.05) is 0 Å². The molecule has 1 fully saturated rings. The molecule has 0 radical (unpaired) electrons. The van der Waals surface area contributed by atoms with Crippen molar-refractivity contribution in [1.29, 1.82) is 0 Å². The summed E-state index contributed by atoms with van der Waals surface area (Å²) in [6.45, 7) is 2.43. The minimum atomic E-state index is -0.713. The Balaban J connectivity index is 2.19. The predicted molar refractivity (Wildman–Crippen MR) is 73.0 cm³/mol. The number of hydrogen-bond acceptors (Lipinski definition) is 5. The van der Waals surface area contributed by atoms with Crippen LogP contribution in [0.3, 0.4) is 0 Å². The second-order valence-electron chi connectivity index (χ2n) is 4.21. The van der Waals surface area contributed by atoms with Crippen molar-refractivity contribution in [2.45, 2.75) is 13.0 Å². The van der Waals surface area contributed by atoms with Crippen LogP contribution in [-0.2, 0) is 9.53 Å². The zero-order chi connectivity index (χ0) is 14.5. The van der Waals surface area contributed by atoms with E-state index in [2.05, 4.69) is 4.98 Å². The van der Waals surface area contributed by atoms with Gasteiger partial charge in [0.05, 0.1) is 6.61 Å². The second-order valence-corrected chi connectivity index (χ2v) is 5.36. The monoisotopic (exact) mass is 298 g/mol. The van der Waals surface area contributed by atoms with Gasteiger partial charge in [0, 0.05) is 35.9 Å². The van der Waals surface area contributed by atoms with Gasteiger partial charge in [-0.3, -0.25) is 4.79 Å². The SMILES string of the molecule is CCOC(=O)C1CSCCN1C(=O)c1ccnc(F)c1. The molecule has 1 aliphatic rings. The summed E-state index contributed by atoms with van der Waals surface area (Å²) >= 11 is 1.60. The molecule has 0 saturated carbocycles. The van der Waals surface area contributed by atoms with Crippen LogP contribution in [0.5, 0.6) is 0 Å². The van der Waals surface area contributed by atoms with Gasteiger partial charge in [0.2, 0.25) is 5.95 Å². The average molecular weight is 298 g/mol. The highest BCUT2D eigenvalue weighted by atomic mass is 32.2. The Bertz CT molecular complexity index is 512. The molecule has 1 unspecified atom stereocenters. The number of nitrogens with zero attached hydrogens (tertiary/aromatic N) is 2. The quantitative estimate of drug-likeness (QED) is 0.622. The minimum absolute atomic E-state index is 0.193. The van der Waals surface area contributed by atoms with Gasteiger partial charge in [-0.2, -0.15) is 16.2 Å². The number of aromatic nitrogens is 1. The lowest BCUT2D eigenvalue weighted by Gasteiger charge is -2.33. The van der Waals surface area contributed by atoms with E-state index in [-0.39, 0.29) is 18.1 Å². The van der Waals surface area contributed by atoms with Gasteiger partial charge in [0.25, 0.3) is 5.91 Å². The maximum absolute atomic E-state index is 13.1. The molecule has 0 aromatic carbocycles. The molecular formula is C13H15FN2O3S. The van der Waals surface area contributed by atoms with Crippen LogP contribution in [0.1, 0.15) is 17.3 Å². The number of hydrogen-bond donors (Lipinski definition) is 0. The Morgan fingerprint density at radius 2 is 2.40 bits per heavy atom. The topological polar surface area (TPSA) is 59.5 Å². The molecule has 2 rings (SSSR count). The highest BCUT2D eigenvalue weighted by Gasteiger charge is 2.34. The number of rotatable bonds is 3. The average Bonchev–Trinajstić information content (AvgIpc) is 2.47. The van der Waals surface area contributed by atoms with Gasteiger partial charge in [0.1, 0.15) is 6.04 Å². The maximum atomic E-state index is 13.1. The van der Waals surface area contributed by atoms with E-state index in [0.717, 1.165) is 11.8 Å². The third kappa shape index (κ3) is 3.27. The first-order chi connectivity index (χ1) is 9.63. The first-order valence-electron chi connectivity index (χ1n) is 6.30. The Morgan fingerprint density at radius 3 is 3.10 bits per heavy atom. The molecule has 1 aromatic heterocycles. The van der Waals surface area contributed by atoms with Crippen LogP contribution >= 0.6 is 11.8 Å². The summed E-state index contributed by atoms with van der Waals surface area (Å²) < 4.78 is 18.1. The molecule has 1 aromatic rings. The number of carbonyl (C=O) groups is 2. The normalized spacial score (nSPS) is 18.7. The molecule has 5 nitrogen and oxygen atoms in total. The largest absolute Gasteiger partial charge is 0.464 e. The first-order valence-corrected chi connectivity index (χ1v) is 7.46. The third-order valence-electron chi connectivity index (χ3n) is 2.92. The van der Waals surface area contributed by atoms with Gasteiger partial charge < -0.3 is 9.64 Å². The fraction of sp³-hybridized carbons (Fsp3) is 0.462. The number of halogens is 1. The van der Waals surface area contributed by atoms with Gasteiger partial charge in [0.15, 0.2) is 0 Å². The number of ether oxygens (including phenoxy) is 1. The van der Waals surface area contributed by atoms with Crippen LogP contribution < -0.4 is 0 Å². The standard InChI is InChI=1S/C13H15FN2O3S/c1-2-19-13(18)10-8-20-6-5-16(10)12(17)9-3-4-15-11(14)7-9/h3-4,7,10H,2,5-6,8H2,1H3.